The van der Waals surface area contributed by atoms with Gasteiger partial charge in [-0.2, -0.15) is 0 Å². The molecule has 0 unspecified atom stereocenters. The maximum Gasteiger partial charge on any atom is 0.0607 e. The second kappa shape index (κ2) is 6.85. The highest BCUT2D eigenvalue weighted by Crippen LogP contribution is 2.37. The van der Waals surface area contributed by atoms with Crippen LogP contribution >= 0.6 is 12.4 Å². The van der Waals surface area contributed by atoms with E-state index < -0.39 is 0 Å². The molecule has 2 aromatic rings. The van der Waals surface area contributed by atoms with Crippen molar-refractivity contribution in [2.75, 3.05) is 13.1 Å². The number of nitrogens with zero attached hydrogens (tertiary/aromatic N) is 1. The first-order chi connectivity index (χ1) is 10.4. The minimum absolute atomic E-state index is 0. The molecule has 1 fully saturated rings. The zero-order chi connectivity index (χ0) is 14.1. The summed E-state index contributed by atoms with van der Waals surface area (Å²) in [5.74, 6) is 0. The first-order valence-electron chi connectivity index (χ1n) is 8.33. The molecular weight excluding hydrogens is 290 g/mol. The Bertz CT molecular complexity index is 584. The Kier molecular flexibility index (Phi) is 4.85. The maximum absolute atomic E-state index is 2.71. The Labute approximate surface area is 139 Å². The van der Waals surface area contributed by atoms with E-state index in [9.17, 15) is 0 Å². The van der Waals surface area contributed by atoms with Crippen LogP contribution in [0, 0.1) is 0 Å². The van der Waals surface area contributed by atoms with Gasteiger partial charge < -0.3 is 0 Å². The van der Waals surface area contributed by atoms with Gasteiger partial charge in [-0.3, -0.25) is 4.90 Å². The molecule has 0 amide bonds. The fourth-order valence-electron chi connectivity index (χ4n) is 4.06. The van der Waals surface area contributed by atoms with Gasteiger partial charge in [-0.25, -0.2) is 0 Å². The van der Waals surface area contributed by atoms with Crippen LogP contribution in [-0.4, -0.2) is 18.0 Å². The Morgan fingerprint density at radius 1 is 0.682 bits per heavy atom. The molecule has 0 radical (unpaired) electrons. The van der Waals surface area contributed by atoms with Crippen molar-refractivity contribution in [3.63, 3.8) is 0 Å². The molecule has 0 spiro atoms. The minimum Gasteiger partial charge on any atom is -0.292 e. The predicted octanol–water partition coefficient (Wildman–Crippen LogP) is 4.78. The molecule has 1 aliphatic heterocycles. The van der Waals surface area contributed by atoms with Crippen molar-refractivity contribution in [2.24, 2.45) is 0 Å². The predicted molar refractivity (Wildman–Crippen MR) is 94.8 cm³/mol. The van der Waals surface area contributed by atoms with E-state index in [-0.39, 0.29) is 12.4 Å². The third-order valence-corrected chi connectivity index (χ3v) is 5.12. The van der Waals surface area contributed by atoms with E-state index in [2.05, 4.69) is 53.4 Å². The number of aryl methyl sites for hydroxylation is 2. The number of halogens is 1. The number of piperidine rings is 1. The van der Waals surface area contributed by atoms with Gasteiger partial charge in [0, 0.05) is 0 Å². The average molecular weight is 314 g/mol. The van der Waals surface area contributed by atoms with Gasteiger partial charge in [0.1, 0.15) is 0 Å². The lowest BCUT2D eigenvalue weighted by Gasteiger charge is -2.36. The molecule has 0 atom stereocenters. The Morgan fingerprint density at radius 2 is 1.18 bits per heavy atom. The van der Waals surface area contributed by atoms with Gasteiger partial charge in [0.2, 0.25) is 0 Å². The molecule has 1 aliphatic carbocycles. The summed E-state index contributed by atoms with van der Waals surface area (Å²) in [6.45, 7) is 2.49. The van der Waals surface area contributed by atoms with E-state index in [0.29, 0.717) is 6.04 Å². The first kappa shape index (κ1) is 15.6. The van der Waals surface area contributed by atoms with Crippen molar-refractivity contribution in [2.45, 2.75) is 38.1 Å². The summed E-state index contributed by atoms with van der Waals surface area (Å²) >= 11 is 0. The van der Waals surface area contributed by atoms with Crippen LogP contribution in [0.1, 0.15) is 47.6 Å². The molecule has 0 N–H and O–H groups in total. The maximum atomic E-state index is 2.71. The highest BCUT2D eigenvalue weighted by Gasteiger charge is 2.29. The minimum atomic E-state index is 0. The summed E-state index contributed by atoms with van der Waals surface area (Å²) in [7, 11) is 0. The van der Waals surface area contributed by atoms with Crippen molar-refractivity contribution >= 4 is 12.4 Å². The molecule has 22 heavy (non-hydrogen) atoms. The molecule has 2 aromatic carbocycles. The van der Waals surface area contributed by atoms with Crippen LogP contribution in [0.5, 0.6) is 0 Å². The Hall–Kier alpha value is -1.31. The third kappa shape index (κ3) is 2.80. The fourth-order valence-corrected chi connectivity index (χ4v) is 4.06. The quantitative estimate of drug-likeness (QED) is 0.732. The molecule has 116 valence electrons. The van der Waals surface area contributed by atoms with Gasteiger partial charge in [-0.1, -0.05) is 55.0 Å². The molecule has 1 heterocycles. The summed E-state index contributed by atoms with van der Waals surface area (Å²) < 4.78 is 0. The van der Waals surface area contributed by atoms with E-state index in [1.54, 1.807) is 22.3 Å². The van der Waals surface area contributed by atoms with E-state index in [0.717, 1.165) is 0 Å². The largest absolute Gasteiger partial charge is 0.292 e. The standard InChI is InChI=1S/C20H23N.ClH/c1-6-14-21(15-7-1)20-18-10-4-2-8-16(18)12-13-17-9-3-5-11-19(17)20;/h2-5,8-11,20H,1,6-7,12-15H2;1H. The summed E-state index contributed by atoms with van der Waals surface area (Å²) in [4.78, 5) is 2.71. The summed E-state index contributed by atoms with van der Waals surface area (Å²) in [6.07, 6.45) is 6.45. The average Bonchev–Trinajstić information content (AvgIpc) is 2.72. The SMILES string of the molecule is Cl.c1ccc2c(c1)CCc1ccccc1C2N1CCCCC1. The van der Waals surface area contributed by atoms with Crippen molar-refractivity contribution < 1.29 is 0 Å². The monoisotopic (exact) mass is 313 g/mol. The highest BCUT2D eigenvalue weighted by atomic mass is 35.5. The van der Waals surface area contributed by atoms with Crippen LogP contribution in [0.25, 0.3) is 0 Å². The number of rotatable bonds is 1. The summed E-state index contributed by atoms with van der Waals surface area (Å²) in [5, 5.41) is 0. The molecular formula is C20H24ClN. The number of benzene rings is 2. The van der Waals surface area contributed by atoms with Crippen molar-refractivity contribution in [3.05, 3.63) is 70.8 Å². The third-order valence-electron chi connectivity index (χ3n) is 5.12. The zero-order valence-electron chi connectivity index (χ0n) is 13.0. The molecule has 2 aliphatic rings. The molecule has 0 saturated carbocycles. The van der Waals surface area contributed by atoms with Gasteiger partial charge in [0.15, 0.2) is 0 Å². The van der Waals surface area contributed by atoms with E-state index in [4.69, 9.17) is 0 Å². The van der Waals surface area contributed by atoms with Gasteiger partial charge in [-0.15, -0.1) is 12.4 Å². The molecule has 0 aromatic heterocycles. The van der Waals surface area contributed by atoms with E-state index in [1.165, 1.54) is 45.2 Å². The number of likely N-dealkylation sites (tertiary alicyclic amines) is 1. The Morgan fingerprint density at radius 3 is 1.73 bits per heavy atom. The summed E-state index contributed by atoms with van der Waals surface area (Å²) in [5.41, 5.74) is 6.18. The Balaban J connectivity index is 0.00000144. The zero-order valence-corrected chi connectivity index (χ0v) is 13.8. The lowest BCUT2D eigenvalue weighted by Crippen LogP contribution is -2.34. The van der Waals surface area contributed by atoms with Gasteiger partial charge in [0.25, 0.3) is 0 Å². The van der Waals surface area contributed by atoms with Crippen molar-refractivity contribution in [3.8, 4) is 0 Å². The fraction of sp³-hybridized carbons (Fsp3) is 0.400. The normalized spacial score (nSPS) is 18.7. The van der Waals surface area contributed by atoms with Crippen molar-refractivity contribution in [1.82, 2.24) is 4.90 Å². The van der Waals surface area contributed by atoms with E-state index in [1.807, 2.05) is 0 Å². The van der Waals surface area contributed by atoms with Crippen LogP contribution < -0.4 is 0 Å². The lowest BCUT2D eigenvalue weighted by atomic mass is 9.92. The van der Waals surface area contributed by atoms with Crippen molar-refractivity contribution in [1.29, 1.82) is 0 Å². The first-order valence-corrected chi connectivity index (χ1v) is 8.33. The number of hydrogen-bond donors (Lipinski definition) is 0. The number of fused-ring (bicyclic) bond motifs is 2. The molecule has 1 nitrogen and oxygen atoms in total. The van der Waals surface area contributed by atoms with Crippen LogP contribution in [0.15, 0.2) is 48.5 Å². The second-order valence-electron chi connectivity index (χ2n) is 6.40. The van der Waals surface area contributed by atoms with Crippen LogP contribution in [-0.2, 0) is 12.8 Å². The lowest BCUT2D eigenvalue weighted by molar-refractivity contribution is 0.187. The topological polar surface area (TPSA) is 3.24 Å². The molecule has 4 rings (SSSR count). The van der Waals surface area contributed by atoms with E-state index >= 15 is 0 Å². The molecule has 0 bridgehead atoms. The molecule has 1 saturated heterocycles. The highest BCUT2D eigenvalue weighted by molar-refractivity contribution is 5.85. The number of hydrogen-bond acceptors (Lipinski definition) is 1. The molecule has 2 heteroatoms. The van der Waals surface area contributed by atoms with Crippen LogP contribution in [0.2, 0.25) is 0 Å². The van der Waals surface area contributed by atoms with Crippen LogP contribution in [0.3, 0.4) is 0 Å². The second-order valence-corrected chi connectivity index (χ2v) is 6.40. The smallest absolute Gasteiger partial charge is 0.0607 e. The van der Waals surface area contributed by atoms with Gasteiger partial charge in [0.05, 0.1) is 6.04 Å². The van der Waals surface area contributed by atoms with Gasteiger partial charge in [-0.05, 0) is 61.0 Å². The van der Waals surface area contributed by atoms with Gasteiger partial charge >= 0.3 is 0 Å². The summed E-state index contributed by atoms with van der Waals surface area (Å²) in [6, 6.07) is 18.7. The van der Waals surface area contributed by atoms with Crippen LogP contribution in [0.4, 0.5) is 0 Å².